The van der Waals surface area contributed by atoms with E-state index in [9.17, 15) is 8.78 Å². The molecule has 1 heterocycles. The highest BCUT2D eigenvalue weighted by atomic mass is 35.5. The third kappa shape index (κ3) is 2.40. The SMILES string of the molecule is N[C@H](CC(F)F)c1sccc1Cl. The number of thiophene rings is 1. The molecule has 0 aliphatic rings. The summed E-state index contributed by atoms with van der Waals surface area (Å²) in [5.41, 5.74) is 5.49. The zero-order valence-electron chi connectivity index (χ0n) is 6.14. The molecule has 12 heavy (non-hydrogen) atoms. The first-order chi connectivity index (χ1) is 5.61. The van der Waals surface area contributed by atoms with Gasteiger partial charge in [-0.2, -0.15) is 0 Å². The van der Waals surface area contributed by atoms with E-state index in [2.05, 4.69) is 0 Å². The Morgan fingerprint density at radius 1 is 1.58 bits per heavy atom. The molecule has 0 saturated heterocycles. The molecule has 0 spiro atoms. The molecule has 1 rings (SSSR count). The van der Waals surface area contributed by atoms with Crippen LogP contribution < -0.4 is 5.73 Å². The van der Waals surface area contributed by atoms with E-state index in [0.717, 1.165) is 0 Å². The van der Waals surface area contributed by atoms with Gasteiger partial charge in [0.15, 0.2) is 0 Å². The maximum Gasteiger partial charge on any atom is 0.240 e. The number of hydrogen-bond donors (Lipinski definition) is 1. The van der Waals surface area contributed by atoms with Crippen molar-refractivity contribution in [2.75, 3.05) is 0 Å². The first kappa shape index (κ1) is 9.89. The highest BCUT2D eigenvalue weighted by Gasteiger charge is 2.16. The van der Waals surface area contributed by atoms with Gasteiger partial charge in [0.2, 0.25) is 6.43 Å². The lowest BCUT2D eigenvalue weighted by Crippen LogP contribution is -2.12. The first-order valence-corrected chi connectivity index (χ1v) is 4.63. The van der Waals surface area contributed by atoms with Crippen LogP contribution >= 0.6 is 22.9 Å². The molecule has 0 amide bonds. The molecule has 0 unspecified atom stereocenters. The van der Waals surface area contributed by atoms with Gasteiger partial charge in [0.05, 0.1) is 5.02 Å². The van der Waals surface area contributed by atoms with Crippen molar-refractivity contribution in [2.45, 2.75) is 18.9 Å². The van der Waals surface area contributed by atoms with E-state index in [1.54, 1.807) is 11.4 Å². The molecule has 68 valence electrons. The molecule has 0 bridgehead atoms. The van der Waals surface area contributed by atoms with E-state index in [4.69, 9.17) is 17.3 Å². The average molecular weight is 212 g/mol. The predicted octanol–water partition coefficient (Wildman–Crippen LogP) is 3.06. The van der Waals surface area contributed by atoms with Gasteiger partial charge in [-0.25, -0.2) is 8.78 Å². The van der Waals surface area contributed by atoms with E-state index < -0.39 is 12.5 Å². The van der Waals surface area contributed by atoms with Gasteiger partial charge < -0.3 is 5.73 Å². The lowest BCUT2D eigenvalue weighted by Gasteiger charge is -2.08. The topological polar surface area (TPSA) is 26.0 Å². The monoisotopic (exact) mass is 211 g/mol. The summed E-state index contributed by atoms with van der Waals surface area (Å²) in [6.07, 6.45) is -2.71. The van der Waals surface area contributed by atoms with Gasteiger partial charge >= 0.3 is 0 Å². The Bertz CT molecular complexity index is 251. The summed E-state index contributed by atoms with van der Waals surface area (Å²) >= 11 is 7.01. The largest absolute Gasteiger partial charge is 0.323 e. The van der Waals surface area contributed by atoms with Crippen molar-refractivity contribution in [3.05, 3.63) is 21.3 Å². The van der Waals surface area contributed by atoms with Crippen molar-refractivity contribution < 1.29 is 8.78 Å². The third-order valence-corrected chi connectivity index (χ3v) is 2.90. The molecule has 1 atom stereocenters. The Morgan fingerprint density at radius 2 is 2.25 bits per heavy atom. The summed E-state index contributed by atoms with van der Waals surface area (Å²) in [5.74, 6) is 0. The van der Waals surface area contributed by atoms with E-state index in [-0.39, 0.29) is 6.42 Å². The summed E-state index contributed by atoms with van der Waals surface area (Å²) in [6, 6.07) is 1.02. The highest BCUT2D eigenvalue weighted by Crippen LogP contribution is 2.30. The molecular formula is C7H8ClF2NS. The van der Waals surface area contributed by atoms with E-state index in [1.807, 2.05) is 0 Å². The van der Waals surface area contributed by atoms with E-state index in [0.29, 0.717) is 9.90 Å². The zero-order valence-corrected chi connectivity index (χ0v) is 7.71. The number of rotatable bonds is 3. The molecule has 0 saturated carbocycles. The van der Waals surface area contributed by atoms with Gasteiger partial charge in [-0.3, -0.25) is 0 Å². The molecule has 0 aromatic carbocycles. The second-order valence-electron chi connectivity index (χ2n) is 2.37. The van der Waals surface area contributed by atoms with Crippen LogP contribution in [0.1, 0.15) is 17.3 Å². The van der Waals surface area contributed by atoms with Crippen molar-refractivity contribution in [2.24, 2.45) is 5.73 Å². The van der Waals surface area contributed by atoms with Crippen LogP contribution in [0.4, 0.5) is 8.78 Å². The van der Waals surface area contributed by atoms with Gasteiger partial charge in [0.25, 0.3) is 0 Å². The minimum atomic E-state index is -2.38. The second kappa shape index (κ2) is 4.16. The van der Waals surface area contributed by atoms with E-state index in [1.165, 1.54) is 11.3 Å². The molecule has 2 N–H and O–H groups in total. The Hall–Kier alpha value is -0.190. The molecule has 1 nitrogen and oxygen atoms in total. The minimum absolute atomic E-state index is 0.333. The Balaban J connectivity index is 2.65. The molecule has 0 aliphatic carbocycles. The van der Waals surface area contributed by atoms with Gasteiger partial charge in [0, 0.05) is 17.3 Å². The predicted molar refractivity (Wildman–Crippen MR) is 46.9 cm³/mol. The van der Waals surface area contributed by atoms with Gasteiger partial charge in [-0.05, 0) is 11.4 Å². The van der Waals surface area contributed by atoms with Crippen molar-refractivity contribution in [1.82, 2.24) is 0 Å². The Kier molecular flexibility index (Phi) is 3.43. The lowest BCUT2D eigenvalue weighted by atomic mass is 10.2. The zero-order chi connectivity index (χ0) is 9.14. The van der Waals surface area contributed by atoms with Crippen LogP contribution in [0, 0.1) is 0 Å². The average Bonchev–Trinajstić information content (AvgIpc) is 2.33. The summed E-state index contributed by atoms with van der Waals surface area (Å²) in [5, 5.41) is 2.22. The summed E-state index contributed by atoms with van der Waals surface area (Å²) in [6.45, 7) is 0. The second-order valence-corrected chi connectivity index (χ2v) is 3.72. The maximum absolute atomic E-state index is 11.9. The van der Waals surface area contributed by atoms with Gasteiger partial charge in [0.1, 0.15) is 0 Å². The molecule has 0 fully saturated rings. The first-order valence-electron chi connectivity index (χ1n) is 3.38. The van der Waals surface area contributed by atoms with Crippen LogP contribution in [0.25, 0.3) is 0 Å². The normalized spacial score (nSPS) is 13.8. The third-order valence-electron chi connectivity index (χ3n) is 1.41. The van der Waals surface area contributed by atoms with Crippen LogP contribution in [0.15, 0.2) is 11.4 Å². The van der Waals surface area contributed by atoms with Crippen LogP contribution in [0.2, 0.25) is 5.02 Å². The van der Waals surface area contributed by atoms with Crippen LogP contribution in [0.3, 0.4) is 0 Å². The number of nitrogens with two attached hydrogens (primary N) is 1. The fourth-order valence-electron chi connectivity index (χ4n) is 0.869. The minimum Gasteiger partial charge on any atom is -0.323 e. The highest BCUT2D eigenvalue weighted by molar-refractivity contribution is 7.10. The Labute approximate surface area is 78.1 Å². The molecule has 5 heteroatoms. The Morgan fingerprint density at radius 3 is 2.67 bits per heavy atom. The van der Waals surface area contributed by atoms with Crippen molar-refractivity contribution in [1.29, 1.82) is 0 Å². The molecule has 1 aromatic rings. The molecular weight excluding hydrogens is 204 g/mol. The van der Waals surface area contributed by atoms with Crippen molar-refractivity contribution in [3.63, 3.8) is 0 Å². The van der Waals surface area contributed by atoms with Crippen molar-refractivity contribution >= 4 is 22.9 Å². The lowest BCUT2D eigenvalue weighted by molar-refractivity contribution is 0.129. The standard InChI is InChI=1S/C7H8ClF2NS/c8-4-1-2-12-7(4)5(11)3-6(9)10/h1-2,5-6H,3,11H2/t5-/m1/s1. The maximum atomic E-state index is 11.9. The fourth-order valence-corrected chi connectivity index (χ4v) is 2.08. The fraction of sp³-hybridized carbons (Fsp3) is 0.429. The molecule has 0 aliphatic heterocycles. The summed E-state index contributed by atoms with van der Waals surface area (Å²) in [4.78, 5) is 0.636. The summed E-state index contributed by atoms with van der Waals surface area (Å²) < 4.78 is 23.8. The quantitative estimate of drug-likeness (QED) is 0.817. The van der Waals surface area contributed by atoms with Crippen LogP contribution in [-0.4, -0.2) is 6.43 Å². The van der Waals surface area contributed by atoms with Crippen LogP contribution in [0.5, 0.6) is 0 Å². The van der Waals surface area contributed by atoms with Crippen molar-refractivity contribution in [3.8, 4) is 0 Å². The smallest absolute Gasteiger partial charge is 0.240 e. The summed E-state index contributed by atoms with van der Waals surface area (Å²) in [7, 11) is 0. The number of alkyl halides is 2. The van der Waals surface area contributed by atoms with Gasteiger partial charge in [-0.1, -0.05) is 11.6 Å². The number of halogens is 3. The van der Waals surface area contributed by atoms with Gasteiger partial charge in [-0.15, -0.1) is 11.3 Å². The van der Waals surface area contributed by atoms with Crippen LogP contribution in [-0.2, 0) is 0 Å². The number of hydrogen-bond acceptors (Lipinski definition) is 2. The van der Waals surface area contributed by atoms with E-state index >= 15 is 0 Å². The molecule has 1 aromatic heterocycles. The molecule has 0 radical (unpaired) electrons.